The summed E-state index contributed by atoms with van der Waals surface area (Å²) >= 11 is 5.48. The number of benzene rings is 2. The fourth-order valence-electron chi connectivity index (χ4n) is 4.06. The van der Waals surface area contributed by atoms with Gasteiger partial charge in [-0.2, -0.15) is 0 Å². The van der Waals surface area contributed by atoms with Crippen LogP contribution in [0.25, 0.3) is 0 Å². The molecular formula is C24H23F4N3O4S. The van der Waals surface area contributed by atoms with Gasteiger partial charge in [-0.25, -0.2) is 27.4 Å². The first kappa shape index (κ1) is 25.8. The first-order valence-corrected chi connectivity index (χ1v) is 11.7. The summed E-state index contributed by atoms with van der Waals surface area (Å²) < 4.78 is 60.1. The van der Waals surface area contributed by atoms with E-state index in [1.54, 1.807) is 0 Å². The van der Waals surface area contributed by atoms with Gasteiger partial charge in [-0.1, -0.05) is 42.5 Å². The Bertz CT molecular complexity index is 1110. The summed E-state index contributed by atoms with van der Waals surface area (Å²) in [7, 11) is 0. The van der Waals surface area contributed by atoms with Gasteiger partial charge in [-0.15, -0.1) is 0 Å². The molecule has 2 saturated heterocycles. The highest BCUT2D eigenvalue weighted by Gasteiger charge is 2.34. The summed E-state index contributed by atoms with van der Waals surface area (Å²) in [6, 6.07) is 11.3. The van der Waals surface area contributed by atoms with Crippen LogP contribution in [-0.2, 0) is 14.4 Å². The number of thiocarbonyl (C=S) groups is 1. The molecule has 0 N–H and O–H groups in total. The molecule has 1 amide bonds. The minimum atomic E-state index is -3.10. The van der Waals surface area contributed by atoms with E-state index in [9.17, 15) is 18.4 Å². The molecule has 2 heterocycles. The number of amides is 1. The third-order valence-electron chi connectivity index (χ3n) is 5.89. The van der Waals surface area contributed by atoms with Crippen molar-refractivity contribution in [2.75, 3.05) is 42.6 Å². The van der Waals surface area contributed by atoms with E-state index in [-0.39, 0.29) is 50.6 Å². The van der Waals surface area contributed by atoms with E-state index in [2.05, 4.69) is 0 Å². The third-order valence-corrected chi connectivity index (χ3v) is 6.33. The third kappa shape index (κ3) is 5.76. The van der Waals surface area contributed by atoms with Crippen LogP contribution in [0.15, 0.2) is 42.5 Å². The van der Waals surface area contributed by atoms with Crippen molar-refractivity contribution in [3.05, 3.63) is 59.7 Å². The molecule has 2 aliphatic heterocycles. The number of ether oxygens (including phenoxy) is 1. The van der Waals surface area contributed by atoms with Gasteiger partial charge in [-0.3, -0.25) is 14.5 Å². The first-order chi connectivity index (χ1) is 17.2. The van der Waals surface area contributed by atoms with Crippen molar-refractivity contribution >= 4 is 40.5 Å². The molecule has 192 valence electrons. The van der Waals surface area contributed by atoms with Crippen LogP contribution in [0, 0.1) is 11.6 Å². The van der Waals surface area contributed by atoms with Crippen molar-refractivity contribution in [2.45, 2.75) is 25.4 Å². The molecule has 0 bridgehead atoms. The van der Waals surface area contributed by atoms with E-state index in [1.807, 2.05) is 30.3 Å². The molecule has 0 spiro atoms. The van der Waals surface area contributed by atoms with Crippen LogP contribution < -0.4 is 9.80 Å². The molecule has 2 aliphatic rings. The minimum absolute atomic E-state index is 0.0700. The minimum Gasteiger partial charge on any atom is -0.444 e. The lowest BCUT2D eigenvalue weighted by atomic mass is 10.1. The van der Waals surface area contributed by atoms with Gasteiger partial charge >= 0.3 is 6.09 Å². The summed E-state index contributed by atoms with van der Waals surface area (Å²) in [5.41, 5.74) is 0.456. The van der Waals surface area contributed by atoms with Gasteiger partial charge in [0.2, 0.25) is 0 Å². The Kier molecular flexibility index (Phi) is 8.04. The van der Waals surface area contributed by atoms with Crippen molar-refractivity contribution in [1.82, 2.24) is 5.06 Å². The zero-order valence-corrected chi connectivity index (χ0v) is 19.9. The summed E-state index contributed by atoms with van der Waals surface area (Å²) in [5, 5.41) is 1.52. The van der Waals surface area contributed by atoms with E-state index >= 15 is 8.78 Å². The summed E-state index contributed by atoms with van der Waals surface area (Å²) in [4.78, 5) is 32.0. The standard InChI is InChI=1S/C24H23F4N3O4S/c25-18-12-16(30-14-17(35-24(30)33)6-7-20(32)22(27)28)13-19(26)21(18)29-8-9-31(34-11-10-29)23(36)15-4-2-1-3-5-15/h1-5,12-13,17,22H,6-11,14H2/t17-/m0/s1. The maximum atomic E-state index is 15.1. The maximum Gasteiger partial charge on any atom is 0.414 e. The Morgan fingerprint density at radius 2 is 1.78 bits per heavy atom. The highest BCUT2D eigenvalue weighted by Crippen LogP contribution is 2.32. The Labute approximate surface area is 210 Å². The zero-order chi connectivity index (χ0) is 25.8. The topological polar surface area (TPSA) is 62.3 Å². The number of ketones is 1. The maximum absolute atomic E-state index is 15.1. The smallest absolute Gasteiger partial charge is 0.414 e. The van der Waals surface area contributed by atoms with Crippen molar-refractivity contribution in [1.29, 1.82) is 0 Å². The predicted octanol–water partition coefficient (Wildman–Crippen LogP) is 4.33. The molecule has 2 aromatic carbocycles. The molecule has 1 atom stereocenters. The van der Waals surface area contributed by atoms with E-state index in [1.165, 1.54) is 9.96 Å². The largest absolute Gasteiger partial charge is 0.444 e. The number of Topliss-reactive ketones (excluding diaryl/α,β-unsaturated/α-hetero) is 1. The molecule has 2 aromatic rings. The van der Waals surface area contributed by atoms with Crippen LogP contribution in [0.3, 0.4) is 0 Å². The SMILES string of the molecule is O=C(CC[C@H]1CN(c2cc(F)c(N3CCON(C(=S)c4ccccc4)CC3)c(F)c2)C(=O)O1)C(F)F. The number of carbonyl (C=O) groups excluding carboxylic acids is 2. The van der Waals surface area contributed by atoms with Crippen molar-refractivity contribution in [3.8, 4) is 0 Å². The Balaban J connectivity index is 1.43. The quantitative estimate of drug-likeness (QED) is 0.394. The zero-order valence-electron chi connectivity index (χ0n) is 19.0. The van der Waals surface area contributed by atoms with Crippen LogP contribution in [-0.4, -0.2) is 67.2 Å². The normalized spacial score (nSPS) is 18.4. The van der Waals surface area contributed by atoms with Crippen LogP contribution in [0.5, 0.6) is 0 Å². The molecule has 0 aliphatic carbocycles. The second-order valence-electron chi connectivity index (χ2n) is 8.27. The molecule has 4 rings (SSSR count). The molecule has 0 unspecified atom stereocenters. The number of nitrogens with zero attached hydrogens (tertiary/aromatic N) is 3. The van der Waals surface area contributed by atoms with Gasteiger partial charge in [-0.05, 0) is 6.42 Å². The number of carbonyl (C=O) groups is 2. The lowest BCUT2D eigenvalue weighted by Gasteiger charge is -2.25. The number of halogens is 4. The molecule has 7 nitrogen and oxygen atoms in total. The van der Waals surface area contributed by atoms with E-state index in [4.69, 9.17) is 21.8 Å². The van der Waals surface area contributed by atoms with Crippen LogP contribution in [0.2, 0.25) is 0 Å². The van der Waals surface area contributed by atoms with Crippen molar-refractivity contribution < 1.29 is 36.7 Å². The molecule has 2 fully saturated rings. The number of cyclic esters (lactones) is 1. The fourth-order valence-corrected chi connectivity index (χ4v) is 4.34. The van der Waals surface area contributed by atoms with Crippen LogP contribution in [0.4, 0.5) is 33.7 Å². The molecule has 0 aromatic heterocycles. The summed E-state index contributed by atoms with van der Waals surface area (Å²) in [6.07, 6.45) is -5.38. The van der Waals surface area contributed by atoms with Gasteiger partial charge in [0.05, 0.1) is 25.4 Å². The van der Waals surface area contributed by atoms with Crippen LogP contribution >= 0.6 is 12.2 Å². The summed E-state index contributed by atoms with van der Waals surface area (Å²) in [5.74, 6) is -3.02. The lowest BCUT2D eigenvalue weighted by molar-refractivity contribution is -0.129. The first-order valence-electron chi connectivity index (χ1n) is 11.3. The number of hydrogen-bond acceptors (Lipinski definition) is 6. The predicted molar refractivity (Wildman–Crippen MR) is 127 cm³/mol. The number of hydrogen-bond donors (Lipinski definition) is 0. The second kappa shape index (κ2) is 11.2. The lowest BCUT2D eigenvalue weighted by Crippen LogP contribution is -2.34. The van der Waals surface area contributed by atoms with Crippen LogP contribution in [0.1, 0.15) is 18.4 Å². The average molecular weight is 526 g/mol. The molecule has 0 radical (unpaired) electrons. The van der Waals surface area contributed by atoms with E-state index < -0.39 is 42.5 Å². The molecule has 36 heavy (non-hydrogen) atoms. The highest BCUT2D eigenvalue weighted by molar-refractivity contribution is 7.80. The van der Waals surface area contributed by atoms with Gasteiger partial charge in [0, 0.05) is 37.2 Å². The second-order valence-corrected chi connectivity index (χ2v) is 8.66. The Morgan fingerprint density at radius 3 is 2.44 bits per heavy atom. The number of alkyl halides is 2. The Hall–Kier alpha value is -3.25. The van der Waals surface area contributed by atoms with Crippen molar-refractivity contribution in [3.63, 3.8) is 0 Å². The number of hydroxylamine groups is 2. The van der Waals surface area contributed by atoms with E-state index in [0.29, 0.717) is 4.99 Å². The van der Waals surface area contributed by atoms with Gasteiger partial charge in [0.25, 0.3) is 6.43 Å². The molecule has 12 heteroatoms. The average Bonchev–Trinajstić information content (AvgIpc) is 3.06. The van der Waals surface area contributed by atoms with Crippen molar-refractivity contribution in [2.24, 2.45) is 0 Å². The number of rotatable bonds is 7. The van der Waals surface area contributed by atoms with Gasteiger partial charge < -0.3 is 9.64 Å². The fraction of sp³-hybridized carbons (Fsp3) is 0.375. The van der Waals surface area contributed by atoms with Gasteiger partial charge in [0.15, 0.2) is 17.4 Å². The molecule has 0 saturated carbocycles. The summed E-state index contributed by atoms with van der Waals surface area (Å²) in [6.45, 7) is 0.729. The van der Waals surface area contributed by atoms with E-state index in [0.717, 1.165) is 22.6 Å². The molecular weight excluding hydrogens is 502 g/mol. The monoisotopic (exact) mass is 525 g/mol. The number of anilines is 2. The Morgan fingerprint density at radius 1 is 1.08 bits per heavy atom. The van der Waals surface area contributed by atoms with Gasteiger partial charge in [0.1, 0.15) is 16.8 Å². The highest BCUT2D eigenvalue weighted by atomic mass is 32.1.